The number of nitrogens with two attached hydrogens (primary N) is 1. The molecular formula is C21H23FN4O2. The SMILES string of the molecule is CCC(CC)OCc1ccccc1-n1nc(C(N)=O)nc1-c1ccccc1F. The van der Waals surface area contributed by atoms with Crippen LogP contribution in [-0.4, -0.2) is 26.8 Å². The molecule has 1 heterocycles. The maximum atomic E-state index is 14.4. The van der Waals surface area contributed by atoms with Crippen molar-refractivity contribution in [1.29, 1.82) is 0 Å². The zero-order chi connectivity index (χ0) is 20.1. The number of carbonyl (C=O) groups excluding carboxylic acids is 1. The van der Waals surface area contributed by atoms with E-state index in [0.29, 0.717) is 12.3 Å². The van der Waals surface area contributed by atoms with Gasteiger partial charge in [0.25, 0.3) is 5.91 Å². The molecule has 2 N–H and O–H groups in total. The van der Waals surface area contributed by atoms with E-state index in [1.807, 2.05) is 24.3 Å². The van der Waals surface area contributed by atoms with Gasteiger partial charge in [0.15, 0.2) is 5.82 Å². The number of carbonyl (C=O) groups is 1. The average Bonchev–Trinajstić information content (AvgIpc) is 3.15. The van der Waals surface area contributed by atoms with Crippen LogP contribution in [0.15, 0.2) is 48.5 Å². The zero-order valence-electron chi connectivity index (χ0n) is 15.9. The molecule has 3 aromatic rings. The second kappa shape index (κ2) is 8.75. The van der Waals surface area contributed by atoms with Gasteiger partial charge in [-0.1, -0.05) is 44.2 Å². The second-order valence-electron chi connectivity index (χ2n) is 6.39. The van der Waals surface area contributed by atoms with Crippen LogP contribution >= 0.6 is 0 Å². The second-order valence-corrected chi connectivity index (χ2v) is 6.39. The number of ether oxygens (including phenoxy) is 1. The van der Waals surface area contributed by atoms with Gasteiger partial charge in [0.1, 0.15) is 5.82 Å². The molecule has 0 fully saturated rings. The Morgan fingerprint density at radius 2 is 1.82 bits per heavy atom. The molecule has 6 nitrogen and oxygen atoms in total. The van der Waals surface area contributed by atoms with Crippen molar-refractivity contribution in [3.8, 4) is 17.1 Å². The summed E-state index contributed by atoms with van der Waals surface area (Å²) < 4.78 is 21.8. The van der Waals surface area contributed by atoms with E-state index in [9.17, 15) is 9.18 Å². The van der Waals surface area contributed by atoms with Gasteiger partial charge in [-0.2, -0.15) is 0 Å². The standard InChI is InChI=1S/C21H23FN4O2/c1-3-15(4-2)28-13-14-9-5-8-12-18(14)26-21(24-20(25-26)19(23)27)16-10-6-7-11-17(16)22/h5-12,15H,3-4,13H2,1-2H3,(H2,23,27). The van der Waals surface area contributed by atoms with Gasteiger partial charge >= 0.3 is 0 Å². The first-order valence-corrected chi connectivity index (χ1v) is 9.26. The van der Waals surface area contributed by atoms with Crippen molar-refractivity contribution in [2.75, 3.05) is 0 Å². The summed E-state index contributed by atoms with van der Waals surface area (Å²) in [5, 5.41) is 4.23. The predicted octanol–water partition coefficient (Wildman–Crippen LogP) is 3.88. The van der Waals surface area contributed by atoms with Gasteiger partial charge in [0.05, 0.1) is 24.0 Å². The van der Waals surface area contributed by atoms with Crippen LogP contribution in [0.5, 0.6) is 0 Å². The van der Waals surface area contributed by atoms with Crippen LogP contribution in [0, 0.1) is 5.82 Å². The maximum Gasteiger partial charge on any atom is 0.288 e. The lowest BCUT2D eigenvalue weighted by Crippen LogP contribution is -2.14. The highest BCUT2D eigenvalue weighted by Crippen LogP contribution is 2.26. The van der Waals surface area contributed by atoms with Crippen LogP contribution in [0.3, 0.4) is 0 Å². The minimum atomic E-state index is -0.776. The van der Waals surface area contributed by atoms with Gasteiger partial charge in [-0.25, -0.2) is 14.1 Å². The van der Waals surface area contributed by atoms with Crippen molar-refractivity contribution in [2.45, 2.75) is 39.4 Å². The number of benzene rings is 2. The lowest BCUT2D eigenvalue weighted by molar-refractivity contribution is 0.0358. The Morgan fingerprint density at radius 3 is 2.50 bits per heavy atom. The Balaban J connectivity index is 2.09. The summed E-state index contributed by atoms with van der Waals surface area (Å²) in [6.45, 7) is 4.52. The molecule has 0 saturated carbocycles. The third-order valence-electron chi connectivity index (χ3n) is 4.55. The van der Waals surface area contributed by atoms with E-state index in [1.54, 1.807) is 18.2 Å². The minimum Gasteiger partial charge on any atom is -0.373 e. The molecule has 0 spiro atoms. The van der Waals surface area contributed by atoms with Gasteiger partial charge in [-0.3, -0.25) is 4.79 Å². The summed E-state index contributed by atoms with van der Waals surface area (Å²) >= 11 is 0. The Morgan fingerprint density at radius 1 is 1.14 bits per heavy atom. The summed E-state index contributed by atoms with van der Waals surface area (Å²) in [5.41, 5.74) is 7.11. The van der Waals surface area contributed by atoms with Gasteiger partial charge in [-0.05, 0) is 31.0 Å². The van der Waals surface area contributed by atoms with Gasteiger partial charge in [0.2, 0.25) is 5.82 Å². The first-order chi connectivity index (χ1) is 13.5. The van der Waals surface area contributed by atoms with E-state index >= 15 is 0 Å². The molecule has 0 aliphatic rings. The topological polar surface area (TPSA) is 83.0 Å². The molecule has 7 heteroatoms. The largest absolute Gasteiger partial charge is 0.373 e. The average molecular weight is 382 g/mol. The van der Waals surface area contributed by atoms with Gasteiger partial charge in [0, 0.05) is 5.56 Å². The Hall–Kier alpha value is -3.06. The molecular weight excluding hydrogens is 359 g/mol. The number of primary amides is 1. The number of halogens is 1. The van der Waals surface area contributed by atoms with Gasteiger partial charge in [-0.15, -0.1) is 5.10 Å². The fourth-order valence-corrected chi connectivity index (χ4v) is 2.97. The van der Waals surface area contributed by atoms with Crippen LogP contribution < -0.4 is 5.73 Å². The molecule has 1 amide bonds. The van der Waals surface area contributed by atoms with Crippen molar-refractivity contribution in [3.05, 3.63) is 65.7 Å². The molecule has 0 bridgehead atoms. The molecule has 146 valence electrons. The Kier molecular flexibility index (Phi) is 6.16. The fourth-order valence-electron chi connectivity index (χ4n) is 2.97. The molecule has 0 aliphatic carbocycles. The quantitative estimate of drug-likeness (QED) is 0.641. The molecule has 2 aromatic carbocycles. The van der Waals surface area contributed by atoms with E-state index in [4.69, 9.17) is 10.5 Å². The van der Waals surface area contributed by atoms with Crippen LogP contribution in [0.2, 0.25) is 0 Å². The summed E-state index contributed by atoms with van der Waals surface area (Å²) in [4.78, 5) is 15.8. The molecule has 0 aliphatic heterocycles. The first kappa shape index (κ1) is 19.7. The van der Waals surface area contributed by atoms with Crippen molar-refractivity contribution < 1.29 is 13.9 Å². The molecule has 0 saturated heterocycles. The Bertz CT molecular complexity index is 967. The third kappa shape index (κ3) is 4.09. The van der Waals surface area contributed by atoms with E-state index < -0.39 is 11.7 Å². The Labute approximate surface area is 163 Å². The number of hydrogen-bond acceptors (Lipinski definition) is 4. The number of amides is 1. The van der Waals surface area contributed by atoms with E-state index in [0.717, 1.165) is 18.4 Å². The highest BCUT2D eigenvalue weighted by atomic mass is 19.1. The highest BCUT2D eigenvalue weighted by Gasteiger charge is 2.20. The molecule has 0 atom stereocenters. The maximum absolute atomic E-state index is 14.4. The zero-order valence-corrected chi connectivity index (χ0v) is 15.9. The molecule has 3 rings (SSSR count). The highest BCUT2D eigenvalue weighted by molar-refractivity contribution is 5.89. The fraction of sp³-hybridized carbons (Fsp3) is 0.286. The molecule has 28 heavy (non-hydrogen) atoms. The summed E-state index contributed by atoms with van der Waals surface area (Å²) in [6.07, 6.45) is 1.97. The third-order valence-corrected chi connectivity index (χ3v) is 4.55. The normalized spacial score (nSPS) is 11.1. The first-order valence-electron chi connectivity index (χ1n) is 9.26. The van der Waals surface area contributed by atoms with Crippen LogP contribution in [0.1, 0.15) is 42.9 Å². The molecule has 0 radical (unpaired) electrons. The van der Waals surface area contributed by atoms with Crippen molar-refractivity contribution >= 4 is 5.91 Å². The lowest BCUT2D eigenvalue weighted by Gasteiger charge is -2.16. The minimum absolute atomic E-state index is 0.149. The van der Waals surface area contributed by atoms with Gasteiger partial charge < -0.3 is 10.5 Å². The van der Waals surface area contributed by atoms with Crippen LogP contribution in [0.25, 0.3) is 17.1 Å². The van der Waals surface area contributed by atoms with E-state index in [-0.39, 0.29) is 23.3 Å². The number of nitrogens with zero attached hydrogens (tertiary/aromatic N) is 3. The summed E-state index contributed by atoms with van der Waals surface area (Å²) in [6, 6.07) is 13.7. The van der Waals surface area contributed by atoms with E-state index in [2.05, 4.69) is 23.9 Å². The molecule has 1 aromatic heterocycles. The van der Waals surface area contributed by atoms with E-state index in [1.165, 1.54) is 10.7 Å². The summed E-state index contributed by atoms with van der Waals surface area (Å²) in [5.74, 6) is -1.20. The van der Waals surface area contributed by atoms with Crippen molar-refractivity contribution in [3.63, 3.8) is 0 Å². The monoisotopic (exact) mass is 382 g/mol. The molecule has 0 unspecified atom stereocenters. The van der Waals surface area contributed by atoms with Crippen molar-refractivity contribution in [1.82, 2.24) is 14.8 Å². The number of para-hydroxylation sites is 1. The lowest BCUT2D eigenvalue weighted by atomic mass is 10.1. The smallest absolute Gasteiger partial charge is 0.288 e. The number of rotatable bonds is 8. The van der Waals surface area contributed by atoms with Crippen molar-refractivity contribution in [2.24, 2.45) is 5.73 Å². The number of aromatic nitrogens is 3. The predicted molar refractivity (Wildman–Crippen MR) is 104 cm³/mol. The van der Waals surface area contributed by atoms with Crippen LogP contribution in [-0.2, 0) is 11.3 Å². The number of hydrogen-bond donors (Lipinski definition) is 1. The summed E-state index contributed by atoms with van der Waals surface area (Å²) in [7, 11) is 0. The van der Waals surface area contributed by atoms with Crippen LogP contribution in [0.4, 0.5) is 4.39 Å².